The van der Waals surface area contributed by atoms with Crippen molar-refractivity contribution in [1.82, 2.24) is 0 Å². The molecule has 0 bridgehead atoms. The quantitative estimate of drug-likeness (QED) is 0.0488. The van der Waals surface area contributed by atoms with Gasteiger partial charge in [0.15, 0.2) is 6.29 Å². The summed E-state index contributed by atoms with van der Waals surface area (Å²) in [6, 6.07) is 0. The minimum Gasteiger partial charge on any atom is -0.436 e. The van der Waals surface area contributed by atoms with Gasteiger partial charge in [0.25, 0.3) is 0 Å². The Morgan fingerprint density at radius 3 is 0.950 bits per heavy atom. The normalized spacial score (nSPS) is 12.3. The first kappa shape index (κ1) is 39.4. The molecule has 0 aromatic rings. The zero-order chi connectivity index (χ0) is 29.4. The molecule has 3 heteroatoms. The smallest absolute Gasteiger partial charge is 0.311 e. The fourth-order valence-corrected chi connectivity index (χ4v) is 5.86. The number of unbranched alkanes of at least 4 members (excludes halogenated alkanes) is 26. The first-order valence-corrected chi connectivity index (χ1v) is 18.5. The van der Waals surface area contributed by atoms with E-state index in [9.17, 15) is 9.90 Å². The molecule has 0 radical (unpaired) electrons. The van der Waals surface area contributed by atoms with E-state index in [1.54, 1.807) is 0 Å². The summed E-state index contributed by atoms with van der Waals surface area (Å²) in [6.45, 7) is 6.42. The Morgan fingerprint density at radius 1 is 0.450 bits per heavy atom. The van der Waals surface area contributed by atoms with Crippen LogP contribution in [0.3, 0.4) is 0 Å². The predicted octanol–water partition coefficient (Wildman–Crippen LogP) is 12.6. The second-order valence-electron chi connectivity index (χ2n) is 12.8. The van der Waals surface area contributed by atoms with Crippen LogP contribution in [0.15, 0.2) is 0 Å². The highest BCUT2D eigenvalue weighted by atomic mass is 16.6. The molecule has 0 amide bonds. The largest absolute Gasteiger partial charge is 0.436 e. The van der Waals surface area contributed by atoms with Crippen molar-refractivity contribution in [2.75, 3.05) is 0 Å². The van der Waals surface area contributed by atoms with Crippen LogP contribution in [0.1, 0.15) is 220 Å². The van der Waals surface area contributed by atoms with Gasteiger partial charge < -0.3 is 9.84 Å². The molecule has 0 saturated heterocycles. The number of rotatable bonds is 33. The van der Waals surface area contributed by atoms with Crippen molar-refractivity contribution in [2.45, 2.75) is 226 Å². The fourth-order valence-electron chi connectivity index (χ4n) is 5.86. The average Bonchev–Trinajstić information content (AvgIpc) is 2.96. The summed E-state index contributed by atoms with van der Waals surface area (Å²) in [5.41, 5.74) is 0. The summed E-state index contributed by atoms with van der Waals surface area (Å²) in [7, 11) is 0. The summed E-state index contributed by atoms with van der Waals surface area (Å²) < 4.78 is 5.32. The topological polar surface area (TPSA) is 46.5 Å². The molecular formula is C37H74O3. The molecule has 0 aromatic heterocycles. The summed E-state index contributed by atoms with van der Waals surface area (Å²) >= 11 is 0. The van der Waals surface area contributed by atoms with Gasteiger partial charge in [-0.2, -0.15) is 0 Å². The van der Waals surface area contributed by atoms with Crippen molar-refractivity contribution >= 4 is 5.97 Å². The highest BCUT2D eigenvalue weighted by molar-refractivity contribution is 5.72. The number of carbonyl (C=O) groups excluding carboxylic acids is 1. The molecule has 1 atom stereocenters. The van der Waals surface area contributed by atoms with Gasteiger partial charge in [-0.05, 0) is 12.8 Å². The molecule has 0 spiro atoms. The van der Waals surface area contributed by atoms with Crippen LogP contribution >= 0.6 is 0 Å². The molecular weight excluding hydrogens is 492 g/mol. The van der Waals surface area contributed by atoms with E-state index in [2.05, 4.69) is 13.8 Å². The van der Waals surface area contributed by atoms with Crippen LogP contribution in [0.5, 0.6) is 0 Å². The van der Waals surface area contributed by atoms with E-state index in [0.29, 0.717) is 6.42 Å². The fraction of sp³-hybridized carbons (Fsp3) is 0.973. The number of ether oxygens (including phenoxy) is 1. The number of aliphatic hydroxyl groups excluding tert-OH is 1. The third kappa shape index (κ3) is 28.9. The summed E-state index contributed by atoms with van der Waals surface area (Å²) in [4.78, 5) is 12.7. The van der Waals surface area contributed by atoms with E-state index >= 15 is 0 Å². The highest BCUT2D eigenvalue weighted by Crippen LogP contribution is 2.22. The minimum atomic E-state index is -0.942. The Balaban J connectivity index is 3.81. The lowest BCUT2D eigenvalue weighted by Crippen LogP contribution is -2.24. The number of aliphatic hydroxyl groups is 1. The average molecular weight is 567 g/mol. The lowest BCUT2D eigenvalue weighted by atomic mass is 9.94. The second-order valence-corrected chi connectivity index (χ2v) is 12.8. The van der Waals surface area contributed by atoms with E-state index in [1.165, 1.54) is 167 Å². The van der Waals surface area contributed by atoms with Gasteiger partial charge in [0.1, 0.15) is 0 Å². The van der Waals surface area contributed by atoms with Gasteiger partial charge in [-0.15, -0.1) is 0 Å². The summed E-state index contributed by atoms with van der Waals surface area (Å²) in [5.74, 6) is -0.199. The molecule has 40 heavy (non-hydrogen) atoms. The molecule has 240 valence electrons. The van der Waals surface area contributed by atoms with E-state index in [1.807, 2.05) is 6.92 Å². The number of hydrogen-bond donors (Lipinski definition) is 1. The Labute approximate surface area is 252 Å². The van der Waals surface area contributed by atoms with Crippen molar-refractivity contribution in [1.29, 1.82) is 0 Å². The summed E-state index contributed by atoms with van der Waals surface area (Å²) in [5, 5.41) is 9.82. The molecule has 0 fully saturated rings. The molecule has 1 N–H and O–H groups in total. The SMILES string of the molecule is CCCCCCCCCCCCCCCCC(CCCCCCCCCCCCCCCC)C(=O)OC(O)CC. The van der Waals surface area contributed by atoms with Gasteiger partial charge >= 0.3 is 5.97 Å². The Morgan fingerprint density at radius 2 is 0.700 bits per heavy atom. The van der Waals surface area contributed by atoms with Crippen molar-refractivity contribution in [3.05, 3.63) is 0 Å². The molecule has 3 nitrogen and oxygen atoms in total. The van der Waals surface area contributed by atoms with E-state index in [4.69, 9.17) is 4.74 Å². The van der Waals surface area contributed by atoms with Gasteiger partial charge in [-0.25, -0.2) is 0 Å². The van der Waals surface area contributed by atoms with E-state index in [0.717, 1.165) is 25.7 Å². The van der Waals surface area contributed by atoms with E-state index in [-0.39, 0.29) is 11.9 Å². The third-order valence-electron chi connectivity index (χ3n) is 8.75. The number of carbonyl (C=O) groups is 1. The van der Waals surface area contributed by atoms with Gasteiger partial charge in [-0.1, -0.05) is 201 Å². The van der Waals surface area contributed by atoms with Crippen LogP contribution in [-0.4, -0.2) is 17.4 Å². The zero-order valence-corrected chi connectivity index (χ0v) is 27.8. The van der Waals surface area contributed by atoms with Gasteiger partial charge in [0.2, 0.25) is 0 Å². The second kappa shape index (κ2) is 32.9. The molecule has 0 aromatic carbocycles. The number of hydrogen-bond acceptors (Lipinski definition) is 3. The maximum absolute atomic E-state index is 12.7. The molecule has 0 aliphatic carbocycles. The first-order valence-electron chi connectivity index (χ1n) is 18.5. The third-order valence-corrected chi connectivity index (χ3v) is 8.75. The zero-order valence-electron chi connectivity index (χ0n) is 27.8. The van der Waals surface area contributed by atoms with Gasteiger partial charge in [0.05, 0.1) is 5.92 Å². The first-order chi connectivity index (χ1) is 19.7. The lowest BCUT2D eigenvalue weighted by Gasteiger charge is -2.18. The highest BCUT2D eigenvalue weighted by Gasteiger charge is 2.21. The van der Waals surface area contributed by atoms with Crippen molar-refractivity contribution in [2.24, 2.45) is 5.92 Å². The minimum absolute atomic E-state index is 0.0316. The lowest BCUT2D eigenvalue weighted by molar-refractivity contribution is -0.173. The molecule has 0 heterocycles. The van der Waals surface area contributed by atoms with Crippen molar-refractivity contribution in [3.8, 4) is 0 Å². The molecule has 0 saturated carbocycles. The van der Waals surface area contributed by atoms with Crippen molar-refractivity contribution < 1.29 is 14.6 Å². The monoisotopic (exact) mass is 567 g/mol. The Hall–Kier alpha value is -0.570. The number of esters is 1. The van der Waals surface area contributed by atoms with Gasteiger partial charge in [-0.3, -0.25) is 4.79 Å². The maximum atomic E-state index is 12.7. The molecule has 1 unspecified atom stereocenters. The van der Waals surface area contributed by atoms with Crippen molar-refractivity contribution in [3.63, 3.8) is 0 Å². The van der Waals surface area contributed by atoms with Crippen LogP contribution in [0, 0.1) is 5.92 Å². The molecule has 0 aliphatic rings. The summed E-state index contributed by atoms with van der Waals surface area (Å²) in [6.07, 6.45) is 39.3. The van der Waals surface area contributed by atoms with Gasteiger partial charge in [0, 0.05) is 6.42 Å². The Kier molecular flexibility index (Phi) is 32.5. The predicted molar refractivity (Wildman–Crippen MR) is 176 cm³/mol. The molecule has 0 rings (SSSR count). The van der Waals surface area contributed by atoms with Crippen LogP contribution in [-0.2, 0) is 9.53 Å². The van der Waals surface area contributed by atoms with Crippen LogP contribution in [0.2, 0.25) is 0 Å². The maximum Gasteiger partial charge on any atom is 0.311 e. The van der Waals surface area contributed by atoms with Crippen LogP contribution in [0.4, 0.5) is 0 Å². The van der Waals surface area contributed by atoms with E-state index < -0.39 is 6.29 Å². The van der Waals surface area contributed by atoms with Crippen LogP contribution in [0.25, 0.3) is 0 Å². The Bertz CT molecular complexity index is 460. The standard InChI is InChI=1S/C37H74O3/c1-4-7-9-11-13-15-17-19-21-23-25-27-29-31-33-35(37(39)40-36(38)6-3)34-32-30-28-26-24-22-20-18-16-14-12-10-8-5-2/h35-36,38H,4-34H2,1-3H3. The van der Waals surface area contributed by atoms with Crippen LogP contribution < -0.4 is 0 Å². The molecule has 0 aliphatic heterocycles.